The van der Waals surface area contributed by atoms with Crippen LogP contribution in [-0.2, 0) is 30.2 Å². The summed E-state index contributed by atoms with van der Waals surface area (Å²) in [6.07, 6.45) is -1.00. The Labute approximate surface area is 94.4 Å². The number of sulfone groups is 1. The summed E-state index contributed by atoms with van der Waals surface area (Å²) in [4.78, 5) is 10.3. The molecule has 1 rings (SSSR count). The van der Waals surface area contributed by atoms with E-state index in [-0.39, 0.29) is 5.75 Å². The van der Waals surface area contributed by atoms with Gasteiger partial charge in [0, 0.05) is 0 Å². The fourth-order valence-corrected chi connectivity index (χ4v) is 3.74. The molecular weight excluding hydrogens is 262 g/mol. The van der Waals surface area contributed by atoms with Crippen LogP contribution in [0, 0.1) is 0 Å². The van der Waals surface area contributed by atoms with Crippen LogP contribution in [0.2, 0.25) is 0 Å². The normalized spacial score (nSPS) is 30.1. The Hall–Kier alpha value is -0.550. The molecule has 1 aliphatic rings. The standard InChI is InChI=1S/C6H11NO7S2/c8-6(9)1-7-4-2-16(12,13)3-5(4)14-15(10)11/h4-5,7H,1-3H2,(H,8,9)(H,10,11)/t4-,5-/m0/s1. The maximum absolute atomic E-state index is 11.2. The van der Waals surface area contributed by atoms with Gasteiger partial charge in [0.15, 0.2) is 9.84 Å². The van der Waals surface area contributed by atoms with Crippen LogP contribution >= 0.6 is 0 Å². The molecule has 1 fully saturated rings. The summed E-state index contributed by atoms with van der Waals surface area (Å²) in [6.45, 7) is -0.432. The van der Waals surface area contributed by atoms with Crippen LogP contribution in [-0.4, -0.2) is 58.5 Å². The SMILES string of the molecule is O=C(O)CN[C@H]1CS(=O)(=O)C[C@@H]1OS(=O)O. The van der Waals surface area contributed by atoms with E-state index in [0.29, 0.717) is 0 Å². The van der Waals surface area contributed by atoms with Gasteiger partial charge in [-0.2, -0.15) is 4.21 Å². The van der Waals surface area contributed by atoms with Crippen LogP contribution in [0.3, 0.4) is 0 Å². The van der Waals surface area contributed by atoms with Gasteiger partial charge in [0.05, 0.1) is 24.1 Å². The minimum absolute atomic E-state index is 0.303. The smallest absolute Gasteiger partial charge is 0.317 e. The van der Waals surface area contributed by atoms with Crippen molar-refractivity contribution in [1.29, 1.82) is 0 Å². The van der Waals surface area contributed by atoms with Crippen molar-refractivity contribution >= 4 is 27.2 Å². The molecular formula is C6H11NO7S2. The Bertz CT molecular complexity index is 392. The number of hydrogen-bond donors (Lipinski definition) is 3. The lowest BCUT2D eigenvalue weighted by Crippen LogP contribution is -2.43. The van der Waals surface area contributed by atoms with Crippen LogP contribution in [0.25, 0.3) is 0 Å². The van der Waals surface area contributed by atoms with Crippen molar-refractivity contribution in [3.05, 3.63) is 0 Å². The highest BCUT2D eigenvalue weighted by atomic mass is 32.2. The number of aliphatic carboxylic acids is 1. The molecule has 0 saturated carbocycles. The van der Waals surface area contributed by atoms with Crippen LogP contribution in [0.4, 0.5) is 0 Å². The summed E-state index contributed by atoms with van der Waals surface area (Å²) in [5, 5.41) is 10.9. The summed E-state index contributed by atoms with van der Waals surface area (Å²) in [6, 6.07) is -0.780. The molecule has 8 nitrogen and oxygen atoms in total. The number of carboxylic acid groups (broad SMARTS) is 1. The zero-order valence-corrected chi connectivity index (χ0v) is 9.66. The molecule has 0 aromatic rings. The highest BCUT2D eigenvalue weighted by Crippen LogP contribution is 2.16. The number of hydrogen-bond acceptors (Lipinski definition) is 6. The minimum atomic E-state index is -3.36. The molecule has 94 valence electrons. The molecule has 1 unspecified atom stereocenters. The molecule has 1 aliphatic heterocycles. The maximum Gasteiger partial charge on any atom is 0.317 e. The van der Waals surface area contributed by atoms with Crippen molar-refractivity contribution in [3.8, 4) is 0 Å². The molecule has 0 bridgehead atoms. The Morgan fingerprint density at radius 3 is 2.62 bits per heavy atom. The summed E-state index contributed by atoms with van der Waals surface area (Å²) in [5.74, 6) is -1.84. The van der Waals surface area contributed by atoms with Crippen LogP contribution in [0.1, 0.15) is 0 Å². The van der Waals surface area contributed by atoms with Crippen LogP contribution in [0.15, 0.2) is 0 Å². The average molecular weight is 273 g/mol. The van der Waals surface area contributed by atoms with E-state index in [2.05, 4.69) is 9.50 Å². The van der Waals surface area contributed by atoms with Crippen molar-refractivity contribution in [2.75, 3.05) is 18.1 Å². The van der Waals surface area contributed by atoms with Crippen LogP contribution in [0.5, 0.6) is 0 Å². The van der Waals surface area contributed by atoms with E-state index in [0.717, 1.165) is 0 Å². The molecule has 0 spiro atoms. The molecule has 0 aliphatic carbocycles. The second-order valence-electron chi connectivity index (χ2n) is 3.31. The summed E-state index contributed by atoms with van der Waals surface area (Å²) >= 11 is -2.58. The van der Waals surface area contributed by atoms with E-state index in [1.54, 1.807) is 0 Å². The predicted octanol–water partition coefficient (Wildman–Crippen LogP) is -2.02. The minimum Gasteiger partial charge on any atom is -0.480 e. The Morgan fingerprint density at radius 1 is 1.50 bits per heavy atom. The predicted molar refractivity (Wildman–Crippen MR) is 53.7 cm³/mol. The third-order valence-electron chi connectivity index (χ3n) is 2.02. The van der Waals surface area contributed by atoms with Crippen molar-refractivity contribution in [2.24, 2.45) is 0 Å². The van der Waals surface area contributed by atoms with Gasteiger partial charge in [-0.1, -0.05) is 0 Å². The maximum atomic E-state index is 11.2. The Balaban J connectivity index is 2.64. The van der Waals surface area contributed by atoms with Crippen molar-refractivity contribution in [3.63, 3.8) is 0 Å². The molecule has 0 radical (unpaired) electrons. The molecule has 3 atom stereocenters. The third-order valence-corrected chi connectivity index (χ3v) is 4.14. The van der Waals surface area contributed by atoms with E-state index in [1.165, 1.54) is 0 Å². The molecule has 0 amide bonds. The molecule has 16 heavy (non-hydrogen) atoms. The first kappa shape index (κ1) is 13.5. The highest BCUT2D eigenvalue weighted by Gasteiger charge is 2.39. The summed E-state index contributed by atoms with van der Waals surface area (Å²) < 4.78 is 45.8. The number of nitrogens with one attached hydrogen (secondary N) is 1. The fourth-order valence-electron chi connectivity index (χ4n) is 1.42. The van der Waals surface area contributed by atoms with Gasteiger partial charge in [0.1, 0.15) is 6.10 Å². The van der Waals surface area contributed by atoms with Crippen molar-refractivity contribution in [1.82, 2.24) is 5.32 Å². The monoisotopic (exact) mass is 273 g/mol. The van der Waals surface area contributed by atoms with Crippen molar-refractivity contribution < 1.29 is 31.3 Å². The van der Waals surface area contributed by atoms with Gasteiger partial charge < -0.3 is 10.4 Å². The van der Waals surface area contributed by atoms with Gasteiger partial charge in [0.2, 0.25) is 0 Å². The van der Waals surface area contributed by atoms with E-state index in [1.807, 2.05) is 0 Å². The zero-order valence-electron chi connectivity index (χ0n) is 8.03. The molecule has 1 saturated heterocycles. The first-order valence-electron chi connectivity index (χ1n) is 4.24. The van der Waals surface area contributed by atoms with Crippen molar-refractivity contribution in [2.45, 2.75) is 12.1 Å². The van der Waals surface area contributed by atoms with E-state index < -0.39 is 51.6 Å². The quantitative estimate of drug-likeness (QED) is 0.489. The number of carbonyl (C=O) groups is 1. The third kappa shape index (κ3) is 4.14. The lowest BCUT2D eigenvalue weighted by molar-refractivity contribution is -0.136. The largest absolute Gasteiger partial charge is 0.480 e. The molecule has 0 aromatic heterocycles. The van der Waals surface area contributed by atoms with Gasteiger partial charge in [-0.15, -0.1) is 0 Å². The lowest BCUT2D eigenvalue weighted by atomic mass is 10.2. The van der Waals surface area contributed by atoms with Gasteiger partial charge in [-0.3, -0.25) is 13.5 Å². The number of rotatable bonds is 5. The zero-order chi connectivity index (χ0) is 12.3. The van der Waals surface area contributed by atoms with Gasteiger partial charge >= 0.3 is 17.3 Å². The molecule has 1 heterocycles. The fraction of sp³-hybridized carbons (Fsp3) is 0.833. The van der Waals surface area contributed by atoms with Gasteiger partial charge in [-0.05, 0) is 0 Å². The topological polar surface area (TPSA) is 130 Å². The summed E-state index contributed by atoms with van der Waals surface area (Å²) in [7, 11) is -3.36. The molecule has 10 heteroatoms. The number of carboxylic acids is 1. The highest BCUT2D eigenvalue weighted by molar-refractivity contribution is 7.91. The van der Waals surface area contributed by atoms with Crippen LogP contribution < -0.4 is 5.32 Å². The lowest BCUT2D eigenvalue weighted by Gasteiger charge is -2.16. The van der Waals surface area contributed by atoms with Gasteiger partial charge in [0.25, 0.3) is 0 Å². The second-order valence-corrected chi connectivity index (χ2v) is 6.09. The van der Waals surface area contributed by atoms with Gasteiger partial charge in [-0.25, -0.2) is 8.42 Å². The molecule has 3 N–H and O–H groups in total. The first-order valence-corrected chi connectivity index (χ1v) is 7.09. The first-order chi connectivity index (χ1) is 7.30. The Morgan fingerprint density at radius 2 is 2.12 bits per heavy atom. The van der Waals surface area contributed by atoms with E-state index in [9.17, 15) is 17.4 Å². The second kappa shape index (κ2) is 5.19. The molecule has 0 aromatic carbocycles. The van der Waals surface area contributed by atoms with E-state index >= 15 is 0 Å². The van der Waals surface area contributed by atoms with E-state index in [4.69, 9.17) is 9.66 Å². The average Bonchev–Trinajstić information content (AvgIpc) is 2.36. The summed E-state index contributed by atoms with van der Waals surface area (Å²) in [5.41, 5.74) is 0. The Kier molecular flexibility index (Phi) is 4.38.